The van der Waals surface area contributed by atoms with Gasteiger partial charge in [-0.2, -0.15) is 0 Å². The average Bonchev–Trinajstić information content (AvgIpc) is 2.03. The van der Waals surface area contributed by atoms with Crippen LogP contribution in [-0.4, -0.2) is 32.7 Å². The van der Waals surface area contributed by atoms with Gasteiger partial charge in [-0.15, -0.1) is 0 Å². The van der Waals surface area contributed by atoms with Crippen molar-refractivity contribution in [2.45, 2.75) is 18.9 Å². The molecule has 0 radical (unpaired) electrons. The Bertz CT molecular complexity index is 117. The second-order valence-corrected chi connectivity index (χ2v) is 2.36. The molecule has 11 heavy (non-hydrogen) atoms. The van der Waals surface area contributed by atoms with Gasteiger partial charge in [-0.3, -0.25) is 4.79 Å². The molecule has 0 saturated heterocycles. The lowest BCUT2D eigenvalue weighted by Crippen LogP contribution is -2.38. The molecule has 0 aromatic carbocycles. The van der Waals surface area contributed by atoms with Crippen molar-refractivity contribution in [1.29, 1.82) is 0 Å². The lowest BCUT2D eigenvalue weighted by atomic mass is 10.1. The van der Waals surface area contributed by atoms with Crippen molar-refractivity contribution in [2.24, 2.45) is 5.73 Å². The zero-order valence-electron chi connectivity index (χ0n) is 7.09. The summed E-state index contributed by atoms with van der Waals surface area (Å²) in [5, 5.41) is 2.49. The highest BCUT2D eigenvalue weighted by Gasteiger charge is 2.09. The van der Waals surface area contributed by atoms with Crippen LogP contribution in [0.5, 0.6) is 0 Å². The Balaban J connectivity index is 3.36. The van der Waals surface area contributed by atoms with Gasteiger partial charge in [0, 0.05) is 20.8 Å². The Morgan fingerprint density at radius 2 is 2.36 bits per heavy atom. The van der Waals surface area contributed by atoms with Crippen LogP contribution in [-0.2, 0) is 9.53 Å². The van der Waals surface area contributed by atoms with Gasteiger partial charge in [-0.1, -0.05) is 0 Å². The highest BCUT2D eigenvalue weighted by Crippen LogP contribution is 1.93. The van der Waals surface area contributed by atoms with Crippen molar-refractivity contribution in [2.75, 3.05) is 20.8 Å². The molecule has 1 atom stereocenters. The average molecular weight is 160 g/mol. The fourth-order valence-corrected chi connectivity index (χ4v) is 0.764. The van der Waals surface area contributed by atoms with Crippen molar-refractivity contribution in [3.8, 4) is 0 Å². The molecule has 0 spiro atoms. The van der Waals surface area contributed by atoms with Gasteiger partial charge in [-0.05, 0) is 12.8 Å². The molecule has 66 valence electrons. The van der Waals surface area contributed by atoms with Crippen molar-refractivity contribution in [3.63, 3.8) is 0 Å². The molecule has 0 aliphatic rings. The Hall–Kier alpha value is -0.610. The quantitative estimate of drug-likeness (QED) is 0.532. The summed E-state index contributed by atoms with van der Waals surface area (Å²) in [7, 11) is 3.21. The van der Waals surface area contributed by atoms with E-state index in [9.17, 15) is 4.79 Å². The van der Waals surface area contributed by atoms with E-state index in [0.717, 1.165) is 6.42 Å². The number of carbonyl (C=O) groups excluding carboxylic acids is 1. The topological polar surface area (TPSA) is 64.4 Å². The summed E-state index contributed by atoms with van der Waals surface area (Å²) in [4.78, 5) is 10.8. The maximum absolute atomic E-state index is 10.8. The summed E-state index contributed by atoms with van der Waals surface area (Å²) in [5.74, 6) is -0.110. The smallest absolute Gasteiger partial charge is 0.236 e. The van der Waals surface area contributed by atoms with Gasteiger partial charge in [0.25, 0.3) is 0 Å². The number of methoxy groups -OCH3 is 1. The van der Waals surface area contributed by atoms with Crippen LogP contribution in [0.2, 0.25) is 0 Å². The van der Waals surface area contributed by atoms with Crippen LogP contribution in [0.1, 0.15) is 12.8 Å². The van der Waals surface area contributed by atoms with Gasteiger partial charge < -0.3 is 15.8 Å². The first-order chi connectivity index (χ1) is 5.22. The summed E-state index contributed by atoms with van der Waals surface area (Å²) in [6.07, 6.45) is 1.50. The number of hydrogen-bond donors (Lipinski definition) is 2. The fourth-order valence-electron chi connectivity index (χ4n) is 0.764. The van der Waals surface area contributed by atoms with E-state index in [2.05, 4.69) is 5.32 Å². The normalized spacial score (nSPS) is 12.6. The molecule has 0 saturated carbocycles. The van der Waals surface area contributed by atoms with Crippen LogP contribution < -0.4 is 11.1 Å². The van der Waals surface area contributed by atoms with Crippen LogP contribution >= 0.6 is 0 Å². The number of hydrogen-bond acceptors (Lipinski definition) is 3. The molecule has 0 aromatic rings. The number of nitrogens with two attached hydrogens (primary N) is 1. The van der Waals surface area contributed by atoms with Crippen LogP contribution in [0.15, 0.2) is 0 Å². The molecule has 1 unspecified atom stereocenters. The summed E-state index contributed by atoms with van der Waals surface area (Å²) in [6, 6.07) is -0.393. The minimum absolute atomic E-state index is 0.110. The molecule has 4 nitrogen and oxygen atoms in total. The second-order valence-electron chi connectivity index (χ2n) is 2.36. The molecule has 0 fully saturated rings. The Kier molecular flexibility index (Phi) is 5.78. The van der Waals surface area contributed by atoms with Gasteiger partial charge in [0.05, 0.1) is 6.04 Å². The predicted octanol–water partition coefficient (Wildman–Crippen LogP) is -0.514. The maximum atomic E-state index is 10.8. The van der Waals surface area contributed by atoms with Crippen molar-refractivity contribution in [1.82, 2.24) is 5.32 Å². The number of likely N-dealkylation sites (N-methyl/N-ethyl adjacent to an activating group) is 1. The molecule has 0 heterocycles. The molecule has 0 rings (SSSR count). The van der Waals surface area contributed by atoms with Gasteiger partial charge in [0.1, 0.15) is 0 Å². The van der Waals surface area contributed by atoms with E-state index in [0.29, 0.717) is 13.0 Å². The molecule has 0 aliphatic heterocycles. The van der Waals surface area contributed by atoms with E-state index in [4.69, 9.17) is 10.5 Å². The zero-order chi connectivity index (χ0) is 8.69. The highest BCUT2D eigenvalue weighted by atomic mass is 16.5. The third kappa shape index (κ3) is 4.75. The van der Waals surface area contributed by atoms with E-state index in [1.165, 1.54) is 0 Å². The Morgan fingerprint density at radius 1 is 1.73 bits per heavy atom. The van der Waals surface area contributed by atoms with E-state index >= 15 is 0 Å². The SMILES string of the molecule is CNC(=O)C(N)CCCOC. The lowest BCUT2D eigenvalue weighted by Gasteiger charge is -2.08. The minimum atomic E-state index is -0.393. The first-order valence-corrected chi connectivity index (χ1v) is 3.68. The molecule has 4 heteroatoms. The molecular weight excluding hydrogens is 144 g/mol. The van der Waals surface area contributed by atoms with Crippen molar-refractivity contribution in [3.05, 3.63) is 0 Å². The van der Waals surface area contributed by atoms with E-state index < -0.39 is 6.04 Å². The van der Waals surface area contributed by atoms with Gasteiger partial charge in [0.2, 0.25) is 5.91 Å². The maximum Gasteiger partial charge on any atom is 0.236 e. The monoisotopic (exact) mass is 160 g/mol. The van der Waals surface area contributed by atoms with Crippen molar-refractivity contribution < 1.29 is 9.53 Å². The van der Waals surface area contributed by atoms with E-state index in [1.807, 2.05) is 0 Å². The Morgan fingerprint density at radius 3 is 2.82 bits per heavy atom. The number of ether oxygens (including phenoxy) is 1. The molecule has 0 aliphatic carbocycles. The van der Waals surface area contributed by atoms with Crippen molar-refractivity contribution >= 4 is 5.91 Å². The second kappa shape index (κ2) is 6.12. The largest absolute Gasteiger partial charge is 0.385 e. The van der Waals surface area contributed by atoms with Crippen LogP contribution in [0.25, 0.3) is 0 Å². The summed E-state index contributed by atoms with van der Waals surface area (Å²) in [6.45, 7) is 0.657. The standard InChI is InChI=1S/C7H16N2O2/c1-9-7(10)6(8)4-3-5-11-2/h6H,3-5,8H2,1-2H3,(H,9,10). The molecule has 3 N–H and O–H groups in total. The molecule has 1 amide bonds. The first kappa shape index (κ1) is 10.4. The van der Waals surface area contributed by atoms with Crippen LogP contribution in [0, 0.1) is 0 Å². The molecule has 0 aromatic heterocycles. The minimum Gasteiger partial charge on any atom is -0.385 e. The van der Waals surface area contributed by atoms with Crippen LogP contribution in [0.4, 0.5) is 0 Å². The third-order valence-electron chi connectivity index (χ3n) is 1.45. The number of rotatable bonds is 5. The van der Waals surface area contributed by atoms with E-state index in [1.54, 1.807) is 14.2 Å². The first-order valence-electron chi connectivity index (χ1n) is 3.68. The van der Waals surface area contributed by atoms with E-state index in [-0.39, 0.29) is 5.91 Å². The van der Waals surface area contributed by atoms with Gasteiger partial charge >= 0.3 is 0 Å². The Labute approximate surface area is 67.1 Å². The number of carbonyl (C=O) groups is 1. The summed E-state index contributed by atoms with van der Waals surface area (Å²) in [5.41, 5.74) is 5.50. The molecule has 0 bridgehead atoms. The van der Waals surface area contributed by atoms with Crippen LogP contribution in [0.3, 0.4) is 0 Å². The third-order valence-corrected chi connectivity index (χ3v) is 1.45. The predicted molar refractivity (Wildman–Crippen MR) is 43.2 cm³/mol. The summed E-state index contributed by atoms with van der Waals surface area (Å²) >= 11 is 0. The fraction of sp³-hybridized carbons (Fsp3) is 0.857. The highest BCUT2D eigenvalue weighted by molar-refractivity contribution is 5.81. The zero-order valence-corrected chi connectivity index (χ0v) is 7.09. The number of nitrogens with one attached hydrogen (secondary N) is 1. The van der Waals surface area contributed by atoms with Gasteiger partial charge in [-0.25, -0.2) is 0 Å². The van der Waals surface area contributed by atoms with Gasteiger partial charge in [0.15, 0.2) is 0 Å². The number of amides is 1. The molecular formula is C7H16N2O2. The summed E-state index contributed by atoms with van der Waals surface area (Å²) < 4.78 is 4.82. The lowest BCUT2D eigenvalue weighted by molar-refractivity contribution is -0.122.